The van der Waals surface area contributed by atoms with Gasteiger partial charge in [0.1, 0.15) is 22.9 Å². The van der Waals surface area contributed by atoms with E-state index in [0.29, 0.717) is 31.3 Å². The smallest absolute Gasteiger partial charge is 0.254 e. The Hall–Kier alpha value is -3.61. The molecule has 1 saturated heterocycles. The number of aromatic nitrogens is 3. The Labute approximate surface area is 219 Å². The monoisotopic (exact) mass is 537 g/mol. The van der Waals surface area contributed by atoms with E-state index >= 15 is 0 Å². The molecular weight excluding hydrogens is 510 g/mol. The molecular formula is C25H27N7O3S2. The number of sulfonamides is 1. The summed E-state index contributed by atoms with van der Waals surface area (Å²) in [5, 5.41) is 6.57. The normalized spacial score (nSPS) is 14.5. The molecule has 0 unspecified atom stereocenters. The van der Waals surface area contributed by atoms with E-state index in [-0.39, 0.29) is 10.5 Å². The van der Waals surface area contributed by atoms with Gasteiger partial charge >= 0.3 is 0 Å². The van der Waals surface area contributed by atoms with Crippen LogP contribution >= 0.6 is 11.3 Å². The number of nitrogens with zero attached hydrogens (tertiary/aromatic N) is 4. The molecule has 0 radical (unpaired) electrons. The summed E-state index contributed by atoms with van der Waals surface area (Å²) < 4.78 is 27.7. The van der Waals surface area contributed by atoms with Gasteiger partial charge in [-0.05, 0) is 48.7 Å². The first kappa shape index (κ1) is 25.1. The molecule has 0 saturated carbocycles. The van der Waals surface area contributed by atoms with Crippen LogP contribution < -0.4 is 16.4 Å². The van der Waals surface area contributed by atoms with Crippen molar-refractivity contribution in [1.29, 1.82) is 0 Å². The molecule has 3 aromatic heterocycles. The second kappa shape index (κ2) is 10.4. The van der Waals surface area contributed by atoms with Crippen molar-refractivity contribution >= 4 is 49.8 Å². The highest BCUT2D eigenvalue weighted by molar-refractivity contribution is 7.89. The van der Waals surface area contributed by atoms with Gasteiger partial charge in [0.05, 0.1) is 17.6 Å². The van der Waals surface area contributed by atoms with Gasteiger partial charge in [-0.2, -0.15) is 4.31 Å². The van der Waals surface area contributed by atoms with Crippen molar-refractivity contribution in [2.24, 2.45) is 0 Å². The summed E-state index contributed by atoms with van der Waals surface area (Å²) in [5.41, 5.74) is 7.98. The third-order valence-corrected chi connectivity index (χ3v) is 9.33. The molecule has 5 rings (SSSR count). The van der Waals surface area contributed by atoms with Crippen molar-refractivity contribution in [3.63, 3.8) is 0 Å². The zero-order valence-corrected chi connectivity index (χ0v) is 21.9. The van der Waals surface area contributed by atoms with E-state index in [1.54, 1.807) is 11.3 Å². The number of anilines is 2. The van der Waals surface area contributed by atoms with Gasteiger partial charge in [-0.25, -0.2) is 23.4 Å². The number of rotatable bonds is 7. The maximum absolute atomic E-state index is 13.1. The minimum absolute atomic E-state index is 0.0246. The molecule has 192 valence electrons. The van der Waals surface area contributed by atoms with Gasteiger partial charge in [-0.1, -0.05) is 12.5 Å². The lowest BCUT2D eigenvalue weighted by Gasteiger charge is -2.26. The molecule has 37 heavy (non-hydrogen) atoms. The fraction of sp³-hybridized carbons (Fsp3) is 0.280. The highest BCUT2D eigenvalue weighted by Crippen LogP contribution is 2.32. The van der Waals surface area contributed by atoms with Crippen molar-refractivity contribution < 1.29 is 13.2 Å². The minimum Gasteiger partial charge on any atom is -0.383 e. The molecule has 1 aliphatic heterocycles. The summed E-state index contributed by atoms with van der Waals surface area (Å²) in [6, 6.07) is 11.3. The Balaban J connectivity index is 1.36. The molecule has 0 atom stereocenters. The summed E-state index contributed by atoms with van der Waals surface area (Å²) in [6.07, 6.45) is 5.45. The fourth-order valence-electron chi connectivity index (χ4n) is 4.32. The van der Waals surface area contributed by atoms with Crippen molar-refractivity contribution in [3.8, 4) is 10.4 Å². The van der Waals surface area contributed by atoms with Gasteiger partial charge in [0.25, 0.3) is 5.91 Å². The van der Waals surface area contributed by atoms with E-state index in [9.17, 15) is 13.2 Å². The van der Waals surface area contributed by atoms with Crippen molar-refractivity contribution in [3.05, 3.63) is 59.4 Å². The average Bonchev–Trinajstić information content (AvgIpc) is 3.41. The number of carbonyl (C=O) groups is 1. The molecule has 1 aromatic carbocycles. The second-order valence-electron chi connectivity index (χ2n) is 8.72. The molecule has 4 heterocycles. The van der Waals surface area contributed by atoms with Crippen molar-refractivity contribution in [1.82, 2.24) is 24.6 Å². The summed E-state index contributed by atoms with van der Waals surface area (Å²) in [4.78, 5) is 27.3. The highest BCUT2D eigenvalue weighted by Gasteiger charge is 2.28. The van der Waals surface area contributed by atoms with Crippen LogP contribution in [-0.4, -0.2) is 53.7 Å². The second-order valence-corrected chi connectivity index (χ2v) is 11.8. The minimum atomic E-state index is -3.71. The van der Waals surface area contributed by atoms with Crippen molar-refractivity contribution in [2.45, 2.75) is 30.7 Å². The standard InChI is InChI=1S/C25H27N7O3S2/c1-27-25(33)20-12-18(37(34,35)32-9-3-2-4-10-32)14-29-24(20)28-13-17-6-8-22(36-17)16-5-7-21-19(11-16)23(26)31-15-30-21/h5-8,11-12,14-15H,2-4,9-10,13H2,1H3,(H,27,33)(H,28,29)(H2,26,30,31). The number of hydrogen-bond acceptors (Lipinski definition) is 9. The predicted molar refractivity (Wildman–Crippen MR) is 145 cm³/mol. The third-order valence-electron chi connectivity index (χ3n) is 6.33. The lowest BCUT2D eigenvalue weighted by atomic mass is 10.1. The van der Waals surface area contributed by atoms with Crippen molar-refractivity contribution in [2.75, 3.05) is 31.2 Å². The van der Waals surface area contributed by atoms with Gasteiger partial charge in [0.15, 0.2) is 0 Å². The highest BCUT2D eigenvalue weighted by atomic mass is 32.2. The van der Waals surface area contributed by atoms with E-state index in [1.165, 1.54) is 29.9 Å². The van der Waals surface area contributed by atoms with Crippen LogP contribution in [0.4, 0.5) is 11.6 Å². The summed E-state index contributed by atoms with van der Waals surface area (Å²) in [7, 11) is -2.20. The van der Waals surface area contributed by atoms with E-state index in [2.05, 4.69) is 25.6 Å². The Bertz CT molecular complexity index is 1560. The van der Waals surface area contributed by atoms with Crippen LogP contribution in [0.2, 0.25) is 0 Å². The lowest BCUT2D eigenvalue weighted by molar-refractivity contribution is 0.0963. The fourth-order valence-corrected chi connectivity index (χ4v) is 6.75. The first-order valence-corrected chi connectivity index (χ1v) is 14.2. The topological polar surface area (TPSA) is 143 Å². The number of pyridine rings is 1. The number of benzene rings is 1. The van der Waals surface area contributed by atoms with Gasteiger partial charge < -0.3 is 16.4 Å². The number of hydrogen-bond donors (Lipinski definition) is 3. The third kappa shape index (κ3) is 5.13. The van der Waals surface area contributed by atoms with Gasteiger partial charge in [-0.3, -0.25) is 4.79 Å². The molecule has 1 amide bonds. The number of amides is 1. The molecule has 1 fully saturated rings. The number of nitrogen functional groups attached to an aromatic ring is 1. The first-order chi connectivity index (χ1) is 17.9. The SMILES string of the molecule is CNC(=O)c1cc(S(=O)(=O)N2CCCCC2)cnc1NCc1ccc(-c2ccc3ncnc(N)c3c2)s1. The van der Waals surface area contributed by atoms with Crippen LogP contribution in [0, 0.1) is 0 Å². The Morgan fingerprint density at radius 3 is 2.68 bits per heavy atom. The number of thiophene rings is 1. The largest absolute Gasteiger partial charge is 0.383 e. The van der Waals surface area contributed by atoms with Crippen LogP contribution in [0.15, 0.2) is 53.8 Å². The van der Waals surface area contributed by atoms with E-state index < -0.39 is 15.9 Å². The number of carbonyl (C=O) groups excluding carboxylic acids is 1. The van der Waals surface area contributed by atoms with E-state index in [4.69, 9.17) is 5.73 Å². The Kier molecular flexibility index (Phi) is 7.04. The molecule has 0 spiro atoms. The van der Waals surface area contributed by atoms with Crippen LogP contribution in [-0.2, 0) is 16.6 Å². The number of fused-ring (bicyclic) bond motifs is 1. The number of piperidine rings is 1. The van der Waals surface area contributed by atoms with Crippen LogP contribution in [0.3, 0.4) is 0 Å². The van der Waals surface area contributed by atoms with Crippen LogP contribution in [0.25, 0.3) is 21.3 Å². The van der Waals surface area contributed by atoms with E-state index in [1.807, 2.05) is 30.3 Å². The molecule has 10 nitrogen and oxygen atoms in total. The zero-order chi connectivity index (χ0) is 26.0. The maximum atomic E-state index is 13.1. The number of nitrogens with one attached hydrogen (secondary N) is 2. The number of nitrogens with two attached hydrogens (primary N) is 1. The van der Waals surface area contributed by atoms with Crippen LogP contribution in [0.1, 0.15) is 34.5 Å². The summed E-state index contributed by atoms with van der Waals surface area (Å²) in [5.74, 6) is 0.347. The van der Waals surface area contributed by atoms with Gasteiger partial charge in [0, 0.05) is 41.5 Å². The summed E-state index contributed by atoms with van der Waals surface area (Å²) in [6.45, 7) is 1.38. The Morgan fingerprint density at radius 1 is 1.08 bits per heavy atom. The van der Waals surface area contributed by atoms with Gasteiger partial charge in [0.2, 0.25) is 10.0 Å². The molecule has 0 bridgehead atoms. The van der Waals surface area contributed by atoms with Gasteiger partial charge in [-0.15, -0.1) is 11.3 Å². The molecule has 0 aliphatic carbocycles. The van der Waals surface area contributed by atoms with Crippen LogP contribution in [0.5, 0.6) is 0 Å². The zero-order valence-electron chi connectivity index (χ0n) is 20.3. The molecule has 4 N–H and O–H groups in total. The Morgan fingerprint density at radius 2 is 1.89 bits per heavy atom. The molecule has 1 aliphatic rings. The molecule has 12 heteroatoms. The lowest BCUT2D eigenvalue weighted by Crippen LogP contribution is -2.35. The quantitative estimate of drug-likeness (QED) is 0.325. The first-order valence-electron chi connectivity index (χ1n) is 11.9. The van der Waals surface area contributed by atoms with E-state index in [0.717, 1.165) is 45.5 Å². The predicted octanol–water partition coefficient (Wildman–Crippen LogP) is 3.48. The molecule has 4 aromatic rings. The maximum Gasteiger partial charge on any atom is 0.254 e. The average molecular weight is 538 g/mol. The summed E-state index contributed by atoms with van der Waals surface area (Å²) >= 11 is 1.59.